The van der Waals surface area contributed by atoms with Crippen LogP contribution in [-0.2, 0) is 4.79 Å². The standard InChI is InChI=1S/C21H13IN2O4/c22-16-5-7-17(8-6-16)24-20(25)15(13-23)12-14-3-9-18(10-4-14)28-21(26)19-2-1-11-27-19/h1-12H,(H,24,25)/b15-12-. The SMILES string of the molecule is N#C/C(=C/c1ccc(OC(=O)c2ccco2)cc1)C(=O)Nc1ccc(I)cc1. The van der Waals surface area contributed by atoms with Gasteiger partial charge in [-0.1, -0.05) is 12.1 Å². The zero-order chi connectivity index (χ0) is 19.9. The Balaban J connectivity index is 1.68. The van der Waals surface area contributed by atoms with E-state index >= 15 is 0 Å². The van der Waals surface area contributed by atoms with E-state index in [0.717, 1.165) is 3.57 Å². The molecule has 0 saturated heterocycles. The molecule has 0 unspecified atom stereocenters. The number of amides is 1. The Morgan fingerprint density at radius 3 is 2.39 bits per heavy atom. The highest BCUT2D eigenvalue weighted by molar-refractivity contribution is 14.1. The zero-order valence-corrected chi connectivity index (χ0v) is 16.5. The number of nitrogens with zero attached hydrogens (tertiary/aromatic N) is 1. The number of carbonyl (C=O) groups excluding carboxylic acids is 2. The second-order valence-corrected chi connectivity index (χ2v) is 6.81. The maximum atomic E-state index is 12.3. The van der Waals surface area contributed by atoms with Gasteiger partial charge in [-0.05, 0) is 82.8 Å². The number of anilines is 1. The summed E-state index contributed by atoms with van der Waals surface area (Å²) >= 11 is 2.17. The van der Waals surface area contributed by atoms with Gasteiger partial charge in [-0.3, -0.25) is 4.79 Å². The van der Waals surface area contributed by atoms with E-state index < -0.39 is 11.9 Å². The molecule has 0 fully saturated rings. The van der Waals surface area contributed by atoms with Crippen molar-refractivity contribution < 1.29 is 18.7 Å². The van der Waals surface area contributed by atoms with Gasteiger partial charge in [0, 0.05) is 9.26 Å². The Morgan fingerprint density at radius 1 is 1.07 bits per heavy atom. The molecule has 2 aromatic carbocycles. The largest absolute Gasteiger partial charge is 0.457 e. The molecule has 0 bridgehead atoms. The molecule has 0 aliphatic carbocycles. The summed E-state index contributed by atoms with van der Waals surface area (Å²) in [7, 11) is 0. The van der Waals surface area contributed by atoms with Crippen LogP contribution >= 0.6 is 22.6 Å². The smallest absolute Gasteiger partial charge is 0.379 e. The number of carbonyl (C=O) groups is 2. The molecule has 0 radical (unpaired) electrons. The van der Waals surface area contributed by atoms with Crippen molar-refractivity contribution in [2.24, 2.45) is 0 Å². The molecule has 1 N–H and O–H groups in total. The first-order chi connectivity index (χ1) is 13.5. The van der Waals surface area contributed by atoms with Gasteiger partial charge in [0.1, 0.15) is 17.4 Å². The third-order valence-electron chi connectivity index (χ3n) is 3.59. The molecule has 7 heteroatoms. The molecular weight excluding hydrogens is 471 g/mol. The Morgan fingerprint density at radius 2 is 1.79 bits per heavy atom. The second kappa shape index (κ2) is 9.01. The number of hydrogen-bond acceptors (Lipinski definition) is 5. The topological polar surface area (TPSA) is 92.3 Å². The van der Waals surface area contributed by atoms with E-state index in [0.29, 0.717) is 17.0 Å². The van der Waals surface area contributed by atoms with Gasteiger partial charge in [-0.25, -0.2) is 4.79 Å². The van der Waals surface area contributed by atoms with E-state index in [4.69, 9.17) is 9.15 Å². The van der Waals surface area contributed by atoms with Crippen molar-refractivity contribution in [1.29, 1.82) is 5.26 Å². The molecule has 28 heavy (non-hydrogen) atoms. The minimum absolute atomic E-state index is 0.0427. The lowest BCUT2D eigenvalue weighted by atomic mass is 10.1. The van der Waals surface area contributed by atoms with Crippen molar-refractivity contribution in [3.63, 3.8) is 0 Å². The van der Waals surface area contributed by atoms with Crippen molar-refractivity contribution in [3.8, 4) is 11.8 Å². The molecule has 1 aromatic heterocycles. The summed E-state index contributed by atoms with van der Waals surface area (Å²) in [4.78, 5) is 24.1. The van der Waals surface area contributed by atoms with E-state index in [1.807, 2.05) is 18.2 Å². The lowest BCUT2D eigenvalue weighted by Crippen LogP contribution is -2.13. The number of benzene rings is 2. The highest BCUT2D eigenvalue weighted by Gasteiger charge is 2.12. The van der Waals surface area contributed by atoms with Crippen LogP contribution in [0.15, 0.2) is 76.9 Å². The first-order valence-electron chi connectivity index (χ1n) is 8.09. The van der Waals surface area contributed by atoms with Crippen molar-refractivity contribution >= 4 is 46.2 Å². The number of furan rings is 1. The molecule has 138 valence electrons. The highest BCUT2D eigenvalue weighted by atomic mass is 127. The second-order valence-electron chi connectivity index (χ2n) is 5.57. The summed E-state index contributed by atoms with van der Waals surface area (Å²) in [5, 5.41) is 12.0. The number of nitriles is 1. The van der Waals surface area contributed by atoms with E-state index in [9.17, 15) is 14.9 Å². The lowest BCUT2D eigenvalue weighted by molar-refractivity contribution is -0.112. The molecule has 3 aromatic rings. The first kappa shape index (κ1) is 19.4. The predicted octanol–water partition coefficient (Wildman–Crippen LogP) is 4.65. The minimum Gasteiger partial charge on any atom is -0.457 e. The van der Waals surface area contributed by atoms with E-state index in [1.54, 1.807) is 42.5 Å². The fourth-order valence-corrected chi connectivity index (χ4v) is 2.59. The van der Waals surface area contributed by atoms with Crippen LogP contribution in [0.3, 0.4) is 0 Å². The van der Waals surface area contributed by atoms with Gasteiger partial charge in [0.2, 0.25) is 5.76 Å². The average Bonchev–Trinajstić information content (AvgIpc) is 3.24. The number of nitrogens with one attached hydrogen (secondary N) is 1. The molecule has 6 nitrogen and oxygen atoms in total. The lowest BCUT2D eigenvalue weighted by Gasteiger charge is -2.05. The number of hydrogen-bond donors (Lipinski definition) is 1. The Bertz CT molecular complexity index is 1050. The Hall–Kier alpha value is -3.38. The molecule has 0 spiro atoms. The Kier molecular flexibility index (Phi) is 6.24. The fourth-order valence-electron chi connectivity index (χ4n) is 2.23. The Labute approximate surface area is 174 Å². The van der Waals surface area contributed by atoms with Gasteiger partial charge >= 0.3 is 5.97 Å². The quantitative estimate of drug-likeness (QED) is 0.187. The van der Waals surface area contributed by atoms with Crippen molar-refractivity contribution in [3.05, 3.63) is 87.4 Å². The summed E-state index contributed by atoms with van der Waals surface area (Å²) in [6.07, 6.45) is 2.84. The number of halogens is 1. The van der Waals surface area contributed by atoms with Gasteiger partial charge in [0.15, 0.2) is 0 Å². The summed E-state index contributed by atoms with van der Waals surface area (Å²) in [6, 6.07) is 18.6. The average molecular weight is 484 g/mol. The molecule has 0 aliphatic heterocycles. The molecule has 3 rings (SSSR count). The monoisotopic (exact) mass is 484 g/mol. The van der Waals surface area contributed by atoms with Crippen LogP contribution in [0.5, 0.6) is 5.75 Å². The van der Waals surface area contributed by atoms with Crippen LogP contribution in [0, 0.1) is 14.9 Å². The molecule has 1 heterocycles. The molecular formula is C21H13IN2O4. The van der Waals surface area contributed by atoms with Crippen LogP contribution in [0.4, 0.5) is 5.69 Å². The van der Waals surface area contributed by atoms with Gasteiger partial charge in [-0.2, -0.15) is 5.26 Å². The highest BCUT2D eigenvalue weighted by Crippen LogP contribution is 2.17. The van der Waals surface area contributed by atoms with Crippen LogP contribution in [0.25, 0.3) is 6.08 Å². The normalized spacial score (nSPS) is 10.8. The molecule has 1 amide bonds. The van der Waals surface area contributed by atoms with Gasteiger partial charge in [0.05, 0.1) is 6.26 Å². The maximum absolute atomic E-state index is 12.3. The van der Waals surface area contributed by atoms with E-state index in [-0.39, 0.29) is 11.3 Å². The zero-order valence-electron chi connectivity index (χ0n) is 14.4. The van der Waals surface area contributed by atoms with Crippen LogP contribution in [0.1, 0.15) is 16.1 Å². The summed E-state index contributed by atoms with van der Waals surface area (Å²) in [6.45, 7) is 0. The number of ether oxygens (including phenoxy) is 1. The first-order valence-corrected chi connectivity index (χ1v) is 9.17. The molecule has 0 aliphatic rings. The summed E-state index contributed by atoms with van der Waals surface area (Å²) in [5.41, 5.74) is 1.18. The summed E-state index contributed by atoms with van der Waals surface area (Å²) in [5.74, 6) is -0.691. The summed E-state index contributed by atoms with van der Waals surface area (Å²) < 4.78 is 11.2. The number of rotatable bonds is 5. The fraction of sp³-hybridized carbons (Fsp3) is 0. The molecule has 0 saturated carbocycles. The number of esters is 1. The molecule has 0 atom stereocenters. The van der Waals surface area contributed by atoms with Gasteiger partial charge < -0.3 is 14.5 Å². The van der Waals surface area contributed by atoms with Crippen molar-refractivity contribution in [2.45, 2.75) is 0 Å². The third kappa shape index (κ3) is 5.08. The van der Waals surface area contributed by atoms with E-state index in [2.05, 4.69) is 27.9 Å². The van der Waals surface area contributed by atoms with Crippen LogP contribution in [-0.4, -0.2) is 11.9 Å². The van der Waals surface area contributed by atoms with Crippen LogP contribution < -0.4 is 10.1 Å². The van der Waals surface area contributed by atoms with Gasteiger partial charge in [0.25, 0.3) is 5.91 Å². The van der Waals surface area contributed by atoms with Gasteiger partial charge in [-0.15, -0.1) is 0 Å². The van der Waals surface area contributed by atoms with E-state index in [1.165, 1.54) is 18.4 Å². The minimum atomic E-state index is -0.608. The van der Waals surface area contributed by atoms with Crippen molar-refractivity contribution in [2.75, 3.05) is 5.32 Å². The predicted molar refractivity (Wildman–Crippen MR) is 111 cm³/mol. The van der Waals surface area contributed by atoms with Crippen molar-refractivity contribution in [1.82, 2.24) is 0 Å². The third-order valence-corrected chi connectivity index (χ3v) is 4.31. The van der Waals surface area contributed by atoms with Crippen LogP contribution in [0.2, 0.25) is 0 Å². The maximum Gasteiger partial charge on any atom is 0.379 e.